The van der Waals surface area contributed by atoms with Gasteiger partial charge < -0.3 is 0 Å². The molecule has 0 amide bonds. The van der Waals surface area contributed by atoms with Crippen molar-refractivity contribution in [3.8, 4) is 0 Å². The second-order valence-corrected chi connectivity index (χ2v) is 4.78. The van der Waals surface area contributed by atoms with Gasteiger partial charge in [0.25, 0.3) is 0 Å². The highest BCUT2D eigenvalue weighted by atomic mass is 19.1. The Labute approximate surface area is 118 Å². The highest BCUT2D eigenvalue weighted by Gasteiger charge is 2.12. The van der Waals surface area contributed by atoms with Gasteiger partial charge in [-0.3, -0.25) is 9.48 Å². The summed E-state index contributed by atoms with van der Waals surface area (Å²) in [5.41, 5.74) is 2.35. The van der Waals surface area contributed by atoms with Gasteiger partial charge in [0.15, 0.2) is 0 Å². The third-order valence-corrected chi connectivity index (χ3v) is 3.30. The van der Waals surface area contributed by atoms with Crippen molar-refractivity contribution in [2.75, 3.05) is 0 Å². The first-order valence-corrected chi connectivity index (χ1v) is 6.94. The van der Waals surface area contributed by atoms with E-state index in [4.69, 9.17) is 0 Å². The predicted octanol–water partition coefficient (Wildman–Crippen LogP) is 2.96. The summed E-state index contributed by atoms with van der Waals surface area (Å²) in [4.78, 5) is 12.1. The van der Waals surface area contributed by atoms with Crippen LogP contribution in [0.25, 0.3) is 0 Å². The monoisotopic (exact) mass is 274 g/mol. The van der Waals surface area contributed by atoms with E-state index in [1.807, 2.05) is 24.6 Å². The van der Waals surface area contributed by atoms with Gasteiger partial charge in [-0.25, -0.2) is 4.39 Å². The summed E-state index contributed by atoms with van der Waals surface area (Å²) in [6.07, 6.45) is 1.28. The highest BCUT2D eigenvalue weighted by Crippen LogP contribution is 2.11. The molecule has 0 unspecified atom stereocenters. The molecular weight excluding hydrogens is 255 g/mol. The fourth-order valence-electron chi connectivity index (χ4n) is 2.22. The van der Waals surface area contributed by atoms with Crippen LogP contribution in [0.3, 0.4) is 0 Å². The zero-order chi connectivity index (χ0) is 14.5. The van der Waals surface area contributed by atoms with E-state index < -0.39 is 0 Å². The minimum atomic E-state index is -0.320. The zero-order valence-corrected chi connectivity index (χ0v) is 11.9. The molecule has 0 saturated heterocycles. The van der Waals surface area contributed by atoms with E-state index in [9.17, 15) is 9.18 Å². The number of hydrogen-bond donors (Lipinski definition) is 0. The summed E-state index contributed by atoms with van der Waals surface area (Å²) in [7, 11) is 0. The Kier molecular flexibility index (Phi) is 4.66. The maximum atomic E-state index is 13.5. The molecule has 0 radical (unpaired) electrons. The Morgan fingerprint density at radius 1 is 1.25 bits per heavy atom. The van der Waals surface area contributed by atoms with Crippen molar-refractivity contribution in [2.45, 2.75) is 39.7 Å². The highest BCUT2D eigenvalue weighted by molar-refractivity contribution is 5.82. The van der Waals surface area contributed by atoms with Crippen LogP contribution in [-0.4, -0.2) is 15.6 Å². The molecule has 0 bridgehead atoms. The van der Waals surface area contributed by atoms with Gasteiger partial charge >= 0.3 is 0 Å². The minimum absolute atomic E-state index is 0.00681. The fourth-order valence-corrected chi connectivity index (χ4v) is 2.22. The van der Waals surface area contributed by atoms with Crippen LogP contribution in [0.2, 0.25) is 0 Å². The van der Waals surface area contributed by atoms with Gasteiger partial charge in [-0.15, -0.1) is 0 Å². The standard InChI is InChI=1S/C16H19FN2O/c1-3-13-10-14(19(4-2)18-13)11-15(20)9-12-7-5-6-8-16(12)17/h5-8,10H,3-4,9,11H2,1-2H3. The number of Topliss-reactive ketones (excluding diaryl/α,β-unsaturated/α-hetero) is 1. The second kappa shape index (κ2) is 6.46. The van der Waals surface area contributed by atoms with Crippen LogP contribution in [-0.2, 0) is 30.6 Å². The quantitative estimate of drug-likeness (QED) is 0.811. The molecule has 1 aromatic carbocycles. The third-order valence-electron chi connectivity index (χ3n) is 3.30. The molecule has 0 N–H and O–H groups in total. The number of carbonyl (C=O) groups excluding carboxylic acids is 1. The van der Waals surface area contributed by atoms with Crippen LogP contribution in [0.15, 0.2) is 30.3 Å². The predicted molar refractivity (Wildman–Crippen MR) is 76.1 cm³/mol. The smallest absolute Gasteiger partial charge is 0.143 e. The molecule has 1 heterocycles. The molecule has 0 saturated carbocycles. The number of rotatable bonds is 6. The number of halogens is 1. The van der Waals surface area contributed by atoms with Gasteiger partial charge in [-0.1, -0.05) is 25.1 Å². The molecular formula is C16H19FN2O. The molecule has 106 valence electrons. The largest absolute Gasteiger partial charge is 0.299 e. The molecule has 3 nitrogen and oxygen atoms in total. The normalized spacial score (nSPS) is 10.8. The molecule has 0 fully saturated rings. The number of benzene rings is 1. The van der Waals surface area contributed by atoms with Crippen LogP contribution < -0.4 is 0 Å². The van der Waals surface area contributed by atoms with Gasteiger partial charge in [-0.05, 0) is 31.0 Å². The third kappa shape index (κ3) is 3.32. The summed E-state index contributed by atoms with van der Waals surface area (Å²) in [6.45, 7) is 4.77. The van der Waals surface area contributed by atoms with E-state index in [0.29, 0.717) is 12.0 Å². The van der Waals surface area contributed by atoms with Gasteiger partial charge in [-0.2, -0.15) is 5.10 Å². The van der Waals surface area contributed by atoms with E-state index in [1.165, 1.54) is 6.07 Å². The first kappa shape index (κ1) is 14.4. The lowest BCUT2D eigenvalue weighted by atomic mass is 10.0. The summed E-state index contributed by atoms with van der Waals surface area (Å²) in [6, 6.07) is 8.37. The molecule has 1 aromatic heterocycles. The number of aryl methyl sites for hydroxylation is 2. The molecule has 0 aliphatic heterocycles. The molecule has 0 atom stereocenters. The Balaban J connectivity index is 2.08. The fraction of sp³-hybridized carbons (Fsp3) is 0.375. The lowest BCUT2D eigenvalue weighted by molar-refractivity contribution is -0.117. The summed E-state index contributed by atoms with van der Waals surface area (Å²) < 4.78 is 15.4. The van der Waals surface area contributed by atoms with Crippen LogP contribution in [0.4, 0.5) is 4.39 Å². The molecule has 0 aliphatic rings. The van der Waals surface area contributed by atoms with E-state index in [-0.39, 0.29) is 18.0 Å². The molecule has 0 spiro atoms. The van der Waals surface area contributed by atoms with Crippen molar-refractivity contribution in [2.24, 2.45) is 0 Å². The average Bonchev–Trinajstić information content (AvgIpc) is 2.83. The molecule has 2 aromatic rings. The molecule has 4 heteroatoms. The van der Waals surface area contributed by atoms with Crippen molar-refractivity contribution in [1.29, 1.82) is 0 Å². The first-order chi connectivity index (χ1) is 9.63. The van der Waals surface area contributed by atoms with Gasteiger partial charge in [0, 0.05) is 25.1 Å². The van der Waals surface area contributed by atoms with E-state index in [2.05, 4.69) is 5.10 Å². The lowest BCUT2D eigenvalue weighted by Crippen LogP contribution is -2.12. The molecule has 2 rings (SSSR count). The van der Waals surface area contributed by atoms with Crippen molar-refractivity contribution in [3.63, 3.8) is 0 Å². The topological polar surface area (TPSA) is 34.9 Å². The summed E-state index contributed by atoms with van der Waals surface area (Å²) >= 11 is 0. The van der Waals surface area contributed by atoms with Crippen molar-refractivity contribution in [1.82, 2.24) is 9.78 Å². The van der Waals surface area contributed by atoms with Gasteiger partial charge in [0.2, 0.25) is 0 Å². The Hall–Kier alpha value is -1.97. The van der Waals surface area contributed by atoms with Crippen LogP contribution in [0.1, 0.15) is 30.8 Å². The SMILES string of the molecule is CCc1cc(CC(=O)Cc2ccccc2F)n(CC)n1. The maximum absolute atomic E-state index is 13.5. The number of hydrogen-bond acceptors (Lipinski definition) is 2. The minimum Gasteiger partial charge on any atom is -0.299 e. The van der Waals surface area contributed by atoms with E-state index >= 15 is 0 Å². The molecule has 20 heavy (non-hydrogen) atoms. The van der Waals surface area contributed by atoms with Crippen LogP contribution in [0.5, 0.6) is 0 Å². The second-order valence-electron chi connectivity index (χ2n) is 4.78. The number of nitrogens with zero attached hydrogens (tertiary/aromatic N) is 2. The van der Waals surface area contributed by atoms with Crippen molar-refractivity contribution < 1.29 is 9.18 Å². The van der Waals surface area contributed by atoms with Gasteiger partial charge in [0.05, 0.1) is 5.69 Å². The Morgan fingerprint density at radius 2 is 2.00 bits per heavy atom. The lowest BCUT2D eigenvalue weighted by Gasteiger charge is -2.05. The van der Waals surface area contributed by atoms with Crippen molar-refractivity contribution >= 4 is 5.78 Å². The van der Waals surface area contributed by atoms with E-state index in [0.717, 1.165) is 24.4 Å². The van der Waals surface area contributed by atoms with Gasteiger partial charge in [0.1, 0.15) is 11.6 Å². The summed E-state index contributed by atoms with van der Waals surface area (Å²) in [5.74, 6) is -0.313. The number of aromatic nitrogens is 2. The zero-order valence-electron chi connectivity index (χ0n) is 11.9. The van der Waals surface area contributed by atoms with Crippen molar-refractivity contribution in [3.05, 3.63) is 53.1 Å². The first-order valence-electron chi connectivity index (χ1n) is 6.94. The van der Waals surface area contributed by atoms with Crippen LogP contribution in [0, 0.1) is 5.82 Å². The summed E-state index contributed by atoms with van der Waals surface area (Å²) in [5, 5.41) is 4.42. The van der Waals surface area contributed by atoms with E-state index in [1.54, 1.807) is 18.2 Å². The molecule has 0 aliphatic carbocycles. The Morgan fingerprint density at radius 3 is 2.65 bits per heavy atom. The number of ketones is 1. The Bertz CT molecular complexity index is 604. The maximum Gasteiger partial charge on any atom is 0.143 e. The van der Waals surface area contributed by atoms with Crippen LogP contribution >= 0.6 is 0 Å². The number of carbonyl (C=O) groups is 1. The average molecular weight is 274 g/mol.